The molecule has 9 heteroatoms. The maximum absolute atomic E-state index is 12.6. The van der Waals surface area contributed by atoms with Crippen molar-refractivity contribution < 1.29 is 21.9 Å². The Morgan fingerprint density at radius 2 is 1.83 bits per heavy atom. The van der Waals surface area contributed by atoms with Crippen molar-refractivity contribution >= 4 is 32.3 Å². The van der Waals surface area contributed by atoms with E-state index in [1.54, 1.807) is 37.3 Å². The van der Waals surface area contributed by atoms with E-state index in [4.69, 9.17) is 5.73 Å². The van der Waals surface area contributed by atoms with E-state index < -0.39 is 16.6 Å². The lowest BCUT2D eigenvalue weighted by atomic mass is 10.1. The van der Waals surface area contributed by atoms with E-state index in [1.165, 1.54) is 12.1 Å². The Balaban J connectivity index is 2.01. The number of fused-ring (bicyclic) bond motifs is 1. The fourth-order valence-corrected chi connectivity index (χ4v) is 4.50. The number of sulfonamides is 1. The Morgan fingerprint density at radius 3 is 2.41 bits per heavy atom. The third-order valence-corrected chi connectivity index (χ3v) is 6.01. The minimum atomic E-state index is -3.37. The van der Waals surface area contributed by atoms with E-state index in [2.05, 4.69) is 9.46 Å². The summed E-state index contributed by atoms with van der Waals surface area (Å²) >= 11 is 0. The Hall–Kier alpha value is -2.81. The smallest absolute Gasteiger partial charge is 0.387 e. The number of nitrogens with zero attached hydrogens (tertiary/aromatic N) is 1. The summed E-state index contributed by atoms with van der Waals surface area (Å²) in [6, 6.07) is 11.5. The molecule has 0 atom stereocenters. The molecule has 3 rings (SSSR count). The van der Waals surface area contributed by atoms with Gasteiger partial charge in [-0.1, -0.05) is 19.1 Å². The van der Waals surface area contributed by atoms with Gasteiger partial charge in [0.05, 0.1) is 22.7 Å². The molecule has 29 heavy (non-hydrogen) atoms. The van der Waals surface area contributed by atoms with E-state index >= 15 is 0 Å². The van der Waals surface area contributed by atoms with Crippen molar-refractivity contribution in [1.82, 2.24) is 4.57 Å². The molecule has 0 saturated heterocycles. The van der Waals surface area contributed by atoms with Crippen LogP contribution in [0.15, 0.2) is 42.5 Å². The minimum Gasteiger partial charge on any atom is -0.435 e. The Bertz CT molecular complexity index is 1110. The first-order valence-electron chi connectivity index (χ1n) is 9.23. The highest BCUT2D eigenvalue weighted by Crippen LogP contribution is 2.38. The summed E-state index contributed by atoms with van der Waals surface area (Å²) in [5, 5.41) is 0.733. The summed E-state index contributed by atoms with van der Waals surface area (Å²) in [6.07, 6.45) is 0.526. The molecule has 156 valence electrons. The molecule has 0 spiro atoms. The lowest BCUT2D eigenvalue weighted by Gasteiger charge is -2.11. The average Bonchev–Trinajstić information content (AvgIpc) is 2.93. The first-order chi connectivity index (χ1) is 13.8. The highest BCUT2D eigenvalue weighted by atomic mass is 32.2. The van der Waals surface area contributed by atoms with Gasteiger partial charge >= 0.3 is 6.61 Å². The van der Waals surface area contributed by atoms with Crippen molar-refractivity contribution in [2.45, 2.75) is 33.4 Å². The highest BCUT2D eigenvalue weighted by molar-refractivity contribution is 7.92. The van der Waals surface area contributed by atoms with Crippen molar-refractivity contribution in [1.29, 1.82) is 0 Å². The number of halogens is 2. The van der Waals surface area contributed by atoms with Crippen molar-refractivity contribution in [2.24, 2.45) is 0 Å². The number of alkyl halides is 2. The van der Waals surface area contributed by atoms with E-state index in [-0.39, 0.29) is 11.5 Å². The number of rotatable bonds is 8. The summed E-state index contributed by atoms with van der Waals surface area (Å²) in [7, 11) is -3.37. The van der Waals surface area contributed by atoms with Crippen molar-refractivity contribution in [3.05, 3.63) is 42.5 Å². The zero-order valence-electron chi connectivity index (χ0n) is 16.2. The van der Waals surface area contributed by atoms with Crippen LogP contribution < -0.4 is 15.2 Å². The van der Waals surface area contributed by atoms with Crippen LogP contribution in [0.25, 0.3) is 22.2 Å². The van der Waals surface area contributed by atoms with Gasteiger partial charge in [0.15, 0.2) is 0 Å². The van der Waals surface area contributed by atoms with Crippen LogP contribution in [0, 0.1) is 0 Å². The molecule has 0 unspecified atom stereocenters. The summed E-state index contributed by atoms with van der Waals surface area (Å²) in [6.45, 7) is 1.38. The molecule has 2 aromatic carbocycles. The monoisotopic (exact) mass is 423 g/mol. The molecule has 0 aliphatic rings. The van der Waals surface area contributed by atoms with Crippen LogP contribution in [-0.2, 0) is 16.6 Å². The maximum Gasteiger partial charge on any atom is 0.387 e. The number of anilines is 2. The van der Waals surface area contributed by atoms with Crippen LogP contribution in [0.5, 0.6) is 5.75 Å². The van der Waals surface area contributed by atoms with E-state index in [1.807, 2.05) is 11.5 Å². The molecule has 1 aromatic heterocycles. The molecule has 3 aromatic rings. The fourth-order valence-electron chi connectivity index (χ4n) is 3.37. The van der Waals surface area contributed by atoms with E-state index in [0.29, 0.717) is 29.9 Å². The third kappa shape index (κ3) is 4.45. The molecule has 3 N–H and O–H groups in total. The molecule has 0 aliphatic heterocycles. The van der Waals surface area contributed by atoms with Crippen LogP contribution in [0.4, 0.5) is 20.2 Å². The summed E-state index contributed by atoms with van der Waals surface area (Å²) < 4.78 is 57.9. The van der Waals surface area contributed by atoms with Crippen LogP contribution in [0.2, 0.25) is 0 Å². The normalized spacial score (nSPS) is 11.9. The molecule has 0 bridgehead atoms. The van der Waals surface area contributed by atoms with Gasteiger partial charge in [-0.15, -0.1) is 0 Å². The Labute approximate surface area is 168 Å². The van der Waals surface area contributed by atoms with Gasteiger partial charge in [-0.3, -0.25) is 4.72 Å². The molecule has 1 heterocycles. The van der Waals surface area contributed by atoms with Crippen LogP contribution >= 0.6 is 0 Å². The third-order valence-electron chi connectivity index (χ3n) is 4.52. The van der Waals surface area contributed by atoms with Crippen LogP contribution in [0.3, 0.4) is 0 Å². The molecule has 0 radical (unpaired) electrons. The minimum absolute atomic E-state index is 0.0504. The van der Waals surface area contributed by atoms with Gasteiger partial charge in [0.25, 0.3) is 0 Å². The lowest BCUT2D eigenvalue weighted by Crippen LogP contribution is -2.15. The predicted molar refractivity (Wildman–Crippen MR) is 112 cm³/mol. The Kier molecular flexibility index (Phi) is 5.97. The number of nitrogens with one attached hydrogen (secondary N) is 1. The molecule has 0 fully saturated rings. The van der Waals surface area contributed by atoms with Gasteiger partial charge in [-0.25, -0.2) is 8.42 Å². The van der Waals surface area contributed by atoms with Crippen molar-refractivity contribution in [3.63, 3.8) is 0 Å². The van der Waals surface area contributed by atoms with Crippen LogP contribution in [-0.4, -0.2) is 25.3 Å². The van der Waals surface area contributed by atoms with Gasteiger partial charge in [-0.05, 0) is 37.6 Å². The SMILES string of the molecule is CCCS(=O)(=O)Nc1ccc(-c2c(N)c3ccc(OC(F)F)cc3n2CC)cc1. The number of hydrogen-bond donors (Lipinski definition) is 2. The first kappa shape index (κ1) is 20.9. The zero-order chi connectivity index (χ0) is 21.2. The van der Waals surface area contributed by atoms with E-state index in [0.717, 1.165) is 16.6 Å². The number of aromatic nitrogens is 1. The number of nitrogens with two attached hydrogens (primary N) is 1. The van der Waals surface area contributed by atoms with Gasteiger partial charge in [0, 0.05) is 29.2 Å². The molecule has 0 amide bonds. The maximum atomic E-state index is 12.6. The molecule has 0 aliphatic carbocycles. The Morgan fingerprint density at radius 1 is 1.14 bits per heavy atom. The largest absolute Gasteiger partial charge is 0.435 e. The molecular weight excluding hydrogens is 400 g/mol. The predicted octanol–water partition coefficient (Wildman–Crippen LogP) is 4.66. The van der Waals surface area contributed by atoms with Gasteiger partial charge in [0.1, 0.15) is 5.75 Å². The van der Waals surface area contributed by atoms with Gasteiger partial charge in [0.2, 0.25) is 10.0 Å². The quantitative estimate of drug-likeness (QED) is 0.552. The van der Waals surface area contributed by atoms with Crippen molar-refractivity contribution in [2.75, 3.05) is 16.2 Å². The number of ether oxygens (including phenoxy) is 1. The summed E-state index contributed by atoms with van der Waals surface area (Å²) in [4.78, 5) is 0. The second-order valence-corrected chi connectivity index (χ2v) is 8.40. The highest BCUT2D eigenvalue weighted by Gasteiger charge is 2.18. The topological polar surface area (TPSA) is 86.3 Å². The fraction of sp³-hybridized carbons (Fsp3) is 0.300. The number of nitrogen functional groups attached to an aromatic ring is 1. The van der Waals surface area contributed by atoms with Crippen LogP contribution in [0.1, 0.15) is 20.3 Å². The number of hydrogen-bond acceptors (Lipinski definition) is 4. The van der Waals surface area contributed by atoms with Gasteiger partial charge in [-0.2, -0.15) is 8.78 Å². The second-order valence-electron chi connectivity index (χ2n) is 6.56. The van der Waals surface area contributed by atoms with Gasteiger partial charge < -0.3 is 15.0 Å². The lowest BCUT2D eigenvalue weighted by molar-refractivity contribution is -0.0497. The van der Waals surface area contributed by atoms with Crippen molar-refractivity contribution in [3.8, 4) is 17.0 Å². The first-order valence-corrected chi connectivity index (χ1v) is 10.9. The number of aryl methyl sites for hydroxylation is 1. The van der Waals surface area contributed by atoms with E-state index in [9.17, 15) is 17.2 Å². The molecule has 0 saturated carbocycles. The standard InChI is InChI=1S/C20H23F2N3O3S/c1-3-11-29(26,27)24-14-7-5-13(6-8-14)19-18(23)16-10-9-15(28-20(21)22)12-17(16)25(19)4-2/h5-10,12,20,24H,3-4,11,23H2,1-2H3. The zero-order valence-corrected chi connectivity index (χ0v) is 17.0. The molecule has 6 nitrogen and oxygen atoms in total. The summed E-state index contributed by atoms with van der Waals surface area (Å²) in [5.74, 6) is 0.112. The summed E-state index contributed by atoms with van der Waals surface area (Å²) in [5.41, 5.74) is 9.55. The number of benzene rings is 2. The molecular formula is C20H23F2N3O3S. The second kappa shape index (κ2) is 8.28. The average molecular weight is 423 g/mol.